The average molecular weight is 164 g/mol. The molecular weight excluding hydrogens is 152 g/mol. The summed E-state index contributed by atoms with van der Waals surface area (Å²) in [5.41, 5.74) is 4.77. The van der Waals surface area contributed by atoms with Gasteiger partial charge in [0, 0.05) is 0 Å². The van der Waals surface area contributed by atoms with Crippen LogP contribution in [0.1, 0.15) is 13.8 Å². The van der Waals surface area contributed by atoms with Crippen molar-refractivity contribution in [1.82, 2.24) is 5.06 Å². The highest BCUT2D eigenvalue weighted by Crippen LogP contribution is 2.26. The first kappa shape index (κ1) is 9.74. The third kappa shape index (κ3) is 0.902. The van der Waals surface area contributed by atoms with Crippen LogP contribution in [0.2, 0.25) is 0 Å². The topological polar surface area (TPSA) is 66.6 Å². The number of β-lactam (4-membered cyclic amide) rings is 1. The van der Waals surface area contributed by atoms with Crippen LogP contribution in [0.15, 0.2) is 0 Å². The number of amides is 1. The van der Waals surface area contributed by atoms with E-state index in [9.17, 15) is 4.79 Å². The van der Waals surface area contributed by atoms with Crippen molar-refractivity contribution < 1.29 is 10.0 Å². The van der Waals surface area contributed by atoms with Gasteiger partial charge in [-0.15, -0.1) is 0 Å². The van der Waals surface area contributed by atoms with Crippen LogP contribution in [-0.4, -0.2) is 27.8 Å². The second-order valence-electron chi connectivity index (χ2n) is 2.78. The molecule has 1 heterocycles. The third-order valence-electron chi connectivity index (χ3n) is 1.78. The van der Waals surface area contributed by atoms with Crippen molar-refractivity contribution in [3.63, 3.8) is 0 Å². The van der Waals surface area contributed by atoms with Crippen LogP contribution in [0.4, 0.5) is 0 Å². The van der Waals surface area contributed by atoms with Gasteiger partial charge in [-0.2, -0.15) is 13.5 Å². The zero-order valence-corrected chi connectivity index (χ0v) is 6.96. The molecule has 1 fully saturated rings. The fourth-order valence-corrected chi connectivity index (χ4v) is 0.784. The number of nitrogens with zero attached hydrogens (tertiary/aromatic N) is 1. The summed E-state index contributed by atoms with van der Waals surface area (Å²) < 4.78 is 0. The molecule has 0 radical (unpaired) electrons. The highest BCUT2D eigenvalue weighted by Gasteiger charge is 2.51. The van der Waals surface area contributed by atoms with Gasteiger partial charge in [-0.05, 0) is 13.8 Å². The smallest absolute Gasteiger partial charge is 0.265 e. The number of hydrogen-bond donors (Lipinski definition) is 2. The minimum atomic E-state index is -0.572. The fourth-order valence-electron chi connectivity index (χ4n) is 0.784. The van der Waals surface area contributed by atoms with E-state index in [2.05, 4.69) is 0 Å². The number of carbonyl (C=O) groups is 1. The SMILES string of the molecule is CC1(C)[C@H](N)C(=O)N1O.S. The molecule has 1 amide bonds. The summed E-state index contributed by atoms with van der Waals surface area (Å²) in [4.78, 5) is 10.5. The van der Waals surface area contributed by atoms with Crippen LogP contribution < -0.4 is 5.73 Å². The Kier molecular flexibility index (Phi) is 2.35. The highest BCUT2D eigenvalue weighted by molar-refractivity contribution is 7.59. The van der Waals surface area contributed by atoms with Gasteiger partial charge >= 0.3 is 0 Å². The molecule has 0 unspecified atom stereocenters. The van der Waals surface area contributed by atoms with E-state index in [1.165, 1.54) is 0 Å². The Labute approximate surface area is 66.4 Å². The van der Waals surface area contributed by atoms with E-state index in [4.69, 9.17) is 10.9 Å². The second-order valence-corrected chi connectivity index (χ2v) is 2.78. The molecule has 5 heteroatoms. The van der Waals surface area contributed by atoms with Gasteiger partial charge in [0.05, 0.1) is 5.54 Å². The van der Waals surface area contributed by atoms with Gasteiger partial charge in [-0.25, -0.2) is 5.06 Å². The quantitative estimate of drug-likeness (QED) is 0.372. The standard InChI is InChI=1S/C5H10N2O2.H2S/c1-5(2)3(6)4(8)7(5)9;/h3,9H,6H2,1-2H3;1H2/t3-;/m1./s1. The van der Waals surface area contributed by atoms with Gasteiger partial charge in [-0.3, -0.25) is 10.0 Å². The van der Waals surface area contributed by atoms with Crippen molar-refractivity contribution in [3.8, 4) is 0 Å². The number of hydroxylamine groups is 2. The Bertz CT molecular complexity index is 146. The first-order valence-corrected chi connectivity index (χ1v) is 2.76. The summed E-state index contributed by atoms with van der Waals surface area (Å²) in [6, 6.07) is -0.539. The van der Waals surface area contributed by atoms with Crippen LogP contribution >= 0.6 is 13.5 Å². The van der Waals surface area contributed by atoms with Crippen LogP contribution in [0.25, 0.3) is 0 Å². The molecule has 0 bridgehead atoms. The van der Waals surface area contributed by atoms with E-state index in [-0.39, 0.29) is 13.5 Å². The number of nitrogens with two attached hydrogens (primary N) is 1. The van der Waals surface area contributed by atoms with Crippen molar-refractivity contribution >= 4 is 19.4 Å². The van der Waals surface area contributed by atoms with E-state index >= 15 is 0 Å². The summed E-state index contributed by atoms with van der Waals surface area (Å²) >= 11 is 0. The molecule has 1 atom stereocenters. The van der Waals surface area contributed by atoms with Crippen molar-refractivity contribution in [2.45, 2.75) is 25.4 Å². The van der Waals surface area contributed by atoms with Crippen LogP contribution in [0, 0.1) is 0 Å². The van der Waals surface area contributed by atoms with Gasteiger partial charge in [-0.1, -0.05) is 0 Å². The maximum absolute atomic E-state index is 10.5. The maximum Gasteiger partial charge on any atom is 0.265 e. The summed E-state index contributed by atoms with van der Waals surface area (Å²) in [6.45, 7) is 3.41. The molecule has 0 aromatic carbocycles. The van der Waals surface area contributed by atoms with Crippen molar-refractivity contribution in [2.75, 3.05) is 0 Å². The lowest BCUT2D eigenvalue weighted by Crippen LogP contribution is -2.73. The summed E-state index contributed by atoms with van der Waals surface area (Å²) in [5.74, 6) is -0.403. The monoisotopic (exact) mass is 164 g/mol. The first-order valence-electron chi connectivity index (χ1n) is 2.76. The normalized spacial score (nSPS) is 29.0. The van der Waals surface area contributed by atoms with E-state index < -0.39 is 17.5 Å². The Balaban J connectivity index is 0.000000810. The lowest BCUT2D eigenvalue weighted by molar-refractivity contribution is -0.228. The number of rotatable bonds is 0. The largest absolute Gasteiger partial charge is 0.318 e. The molecular formula is C5H12N2O2S. The molecule has 0 spiro atoms. The number of carbonyl (C=O) groups excluding carboxylic acids is 1. The summed E-state index contributed by atoms with van der Waals surface area (Å²) in [7, 11) is 0. The molecule has 0 aromatic heterocycles. The molecule has 1 rings (SSSR count). The summed E-state index contributed by atoms with van der Waals surface area (Å²) in [5, 5.41) is 9.48. The molecule has 4 nitrogen and oxygen atoms in total. The fraction of sp³-hybridized carbons (Fsp3) is 0.800. The molecule has 0 aromatic rings. The van der Waals surface area contributed by atoms with Crippen molar-refractivity contribution in [3.05, 3.63) is 0 Å². The molecule has 1 aliphatic heterocycles. The Morgan fingerprint density at radius 3 is 2.20 bits per heavy atom. The molecule has 60 valence electrons. The molecule has 1 saturated heterocycles. The van der Waals surface area contributed by atoms with Gasteiger partial charge in [0.25, 0.3) is 5.91 Å². The summed E-state index contributed by atoms with van der Waals surface area (Å²) in [6.07, 6.45) is 0. The van der Waals surface area contributed by atoms with Crippen LogP contribution in [-0.2, 0) is 4.79 Å². The van der Waals surface area contributed by atoms with E-state index in [0.29, 0.717) is 5.06 Å². The van der Waals surface area contributed by atoms with Gasteiger partial charge < -0.3 is 5.73 Å². The zero-order valence-electron chi connectivity index (χ0n) is 5.96. The molecule has 0 saturated carbocycles. The second kappa shape index (κ2) is 2.41. The average Bonchev–Trinajstić information content (AvgIpc) is 1.84. The molecule has 3 N–H and O–H groups in total. The van der Waals surface area contributed by atoms with E-state index in [0.717, 1.165) is 0 Å². The highest BCUT2D eigenvalue weighted by atomic mass is 32.1. The van der Waals surface area contributed by atoms with E-state index in [1.54, 1.807) is 13.8 Å². The van der Waals surface area contributed by atoms with E-state index in [1.807, 2.05) is 0 Å². The predicted molar refractivity (Wildman–Crippen MR) is 41.1 cm³/mol. The van der Waals surface area contributed by atoms with Crippen molar-refractivity contribution in [2.24, 2.45) is 5.73 Å². The molecule has 1 aliphatic rings. The Hall–Kier alpha value is -0.260. The lowest BCUT2D eigenvalue weighted by Gasteiger charge is -2.47. The van der Waals surface area contributed by atoms with Crippen molar-refractivity contribution in [1.29, 1.82) is 0 Å². The van der Waals surface area contributed by atoms with Gasteiger partial charge in [0.15, 0.2) is 0 Å². The lowest BCUT2D eigenvalue weighted by atomic mass is 9.86. The zero-order chi connectivity index (χ0) is 7.23. The minimum absolute atomic E-state index is 0. The minimum Gasteiger partial charge on any atom is -0.318 e. The number of hydrogen-bond acceptors (Lipinski definition) is 3. The Morgan fingerprint density at radius 1 is 1.70 bits per heavy atom. The third-order valence-corrected chi connectivity index (χ3v) is 1.78. The first-order chi connectivity index (χ1) is 3.98. The van der Waals surface area contributed by atoms with Crippen LogP contribution in [0.3, 0.4) is 0 Å². The van der Waals surface area contributed by atoms with Gasteiger partial charge in [0.2, 0.25) is 0 Å². The van der Waals surface area contributed by atoms with Gasteiger partial charge in [0.1, 0.15) is 6.04 Å². The predicted octanol–water partition coefficient (Wildman–Crippen LogP) is -0.563. The molecule has 0 aliphatic carbocycles. The Morgan fingerprint density at radius 2 is 2.10 bits per heavy atom. The molecule has 10 heavy (non-hydrogen) atoms. The maximum atomic E-state index is 10.5. The van der Waals surface area contributed by atoms with Crippen LogP contribution in [0.5, 0.6) is 0 Å².